The molecule has 0 spiro atoms. The Balaban J connectivity index is 1.87. The van der Waals surface area contributed by atoms with Gasteiger partial charge in [-0.15, -0.1) is 0 Å². The summed E-state index contributed by atoms with van der Waals surface area (Å²) in [5, 5.41) is 0.0987. The van der Waals surface area contributed by atoms with E-state index in [0.29, 0.717) is 12.6 Å². The van der Waals surface area contributed by atoms with Crippen molar-refractivity contribution in [3.8, 4) is 0 Å². The molecule has 5 heteroatoms. The first-order chi connectivity index (χ1) is 8.65. The molecule has 18 heavy (non-hydrogen) atoms. The van der Waals surface area contributed by atoms with Crippen LogP contribution in [-0.4, -0.2) is 9.13 Å². The van der Waals surface area contributed by atoms with Crippen molar-refractivity contribution in [3.63, 3.8) is 0 Å². The molecule has 1 heterocycles. The fourth-order valence-electron chi connectivity index (χ4n) is 2.01. The van der Waals surface area contributed by atoms with E-state index in [9.17, 15) is 9.18 Å². The van der Waals surface area contributed by atoms with Crippen molar-refractivity contribution in [2.45, 2.75) is 25.4 Å². The molecule has 1 fully saturated rings. The molecule has 3 rings (SSSR count). The molecule has 0 aliphatic heterocycles. The predicted molar refractivity (Wildman–Crippen MR) is 67.5 cm³/mol. The molecule has 3 nitrogen and oxygen atoms in total. The fourth-order valence-corrected chi connectivity index (χ4v) is 2.13. The first-order valence-electron chi connectivity index (χ1n) is 5.86. The Bertz CT molecular complexity index is 643. The van der Waals surface area contributed by atoms with E-state index < -0.39 is 5.82 Å². The van der Waals surface area contributed by atoms with Gasteiger partial charge < -0.3 is 0 Å². The molecule has 0 atom stereocenters. The Labute approximate surface area is 108 Å². The van der Waals surface area contributed by atoms with Crippen molar-refractivity contribution >= 4 is 11.6 Å². The number of nitrogens with zero attached hydrogens (tertiary/aromatic N) is 2. The molecular weight excluding hydrogens is 255 g/mol. The number of rotatable bonds is 3. The van der Waals surface area contributed by atoms with Crippen LogP contribution in [0.3, 0.4) is 0 Å². The van der Waals surface area contributed by atoms with Crippen LogP contribution in [0.15, 0.2) is 35.4 Å². The summed E-state index contributed by atoms with van der Waals surface area (Å²) in [5.41, 5.74) is 0.695. The average molecular weight is 267 g/mol. The second-order valence-corrected chi connectivity index (χ2v) is 5.00. The highest BCUT2D eigenvalue weighted by atomic mass is 35.5. The fraction of sp³-hybridized carbons (Fsp3) is 0.308. The minimum absolute atomic E-state index is 0.0344. The number of hydrogen-bond acceptors (Lipinski definition) is 1. The maximum Gasteiger partial charge on any atom is 0.328 e. The van der Waals surface area contributed by atoms with Gasteiger partial charge in [0.15, 0.2) is 0 Å². The number of aromatic nitrogens is 2. The Morgan fingerprint density at radius 1 is 1.33 bits per heavy atom. The Kier molecular flexibility index (Phi) is 2.74. The lowest BCUT2D eigenvalue weighted by atomic mass is 10.2. The highest BCUT2D eigenvalue weighted by molar-refractivity contribution is 6.30. The van der Waals surface area contributed by atoms with Crippen LogP contribution in [0.2, 0.25) is 5.02 Å². The first kappa shape index (κ1) is 11.5. The van der Waals surface area contributed by atoms with Crippen molar-refractivity contribution in [3.05, 3.63) is 57.5 Å². The van der Waals surface area contributed by atoms with Gasteiger partial charge in [-0.25, -0.2) is 9.18 Å². The van der Waals surface area contributed by atoms with Crippen LogP contribution in [0.25, 0.3) is 0 Å². The third-order valence-corrected chi connectivity index (χ3v) is 3.46. The van der Waals surface area contributed by atoms with Crippen LogP contribution in [-0.2, 0) is 6.54 Å². The third-order valence-electron chi connectivity index (χ3n) is 3.15. The maximum absolute atomic E-state index is 13.3. The SMILES string of the molecule is O=c1n(Cc2ccc(Cl)c(F)c2)ccn1C1CC1. The van der Waals surface area contributed by atoms with Gasteiger partial charge in [0.1, 0.15) is 5.82 Å². The lowest BCUT2D eigenvalue weighted by Crippen LogP contribution is -2.23. The van der Waals surface area contributed by atoms with Gasteiger partial charge in [0.2, 0.25) is 0 Å². The van der Waals surface area contributed by atoms with Crippen molar-refractivity contribution in [1.29, 1.82) is 0 Å². The van der Waals surface area contributed by atoms with Crippen molar-refractivity contribution < 1.29 is 4.39 Å². The van der Waals surface area contributed by atoms with E-state index in [-0.39, 0.29) is 10.7 Å². The standard InChI is InChI=1S/C13H12ClFN2O/c14-11-4-1-9(7-12(11)15)8-16-5-6-17(13(16)18)10-2-3-10/h1,4-7,10H,2-3,8H2. The summed E-state index contributed by atoms with van der Waals surface area (Å²) in [6.07, 6.45) is 5.68. The number of halogens is 2. The van der Waals surface area contributed by atoms with E-state index in [4.69, 9.17) is 11.6 Å². The van der Waals surface area contributed by atoms with Crippen LogP contribution in [0, 0.1) is 5.82 Å². The number of hydrogen-bond donors (Lipinski definition) is 0. The molecule has 2 aromatic rings. The molecule has 94 valence electrons. The summed E-state index contributed by atoms with van der Waals surface area (Å²) < 4.78 is 16.6. The van der Waals surface area contributed by atoms with E-state index >= 15 is 0 Å². The van der Waals surface area contributed by atoms with Gasteiger partial charge in [-0.05, 0) is 30.5 Å². The van der Waals surface area contributed by atoms with Crippen LogP contribution < -0.4 is 5.69 Å². The van der Waals surface area contributed by atoms with Gasteiger partial charge >= 0.3 is 5.69 Å². The van der Waals surface area contributed by atoms with E-state index in [1.54, 1.807) is 27.6 Å². The molecule has 0 N–H and O–H groups in total. The van der Waals surface area contributed by atoms with Crippen molar-refractivity contribution in [1.82, 2.24) is 9.13 Å². The third kappa shape index (κ3) is 2.08. The highest BCUT2D eigenvalue weighted by Crippen LogP contribution is 2.33. The lowest BCUT2D eigenvalue weighted by molar-refractivity contribution is 0.620. The zero-order valence-corrected chi connectivity index (χ0v) is 10.4. The minimum Gasteiger partial charge on any atom is -0.296 e. The molecule has 0 amide bonds. The second kappa shape index (κ2) is 4.28. The normalized spacial score (nSPS) is 15.0. The van der Waals surface area contributed by atoms with Crippen molar-refractivity contribution in [2.75, 3.05) is 0 Å². The van der Waals surface area contributed by atoms with Gasteiger partial charge in [-0.2, -0.15) is 0 Å². The second-order valence-electron chi connectivity index (χ2n) is 4.60. The van der Waals surface area contributed by atoms with Gasteiger partial charge in [-0.3, -0.25) is 9.13 Å². The minimum atomic E-state index is -0.455. The monoisotopic (exact) mass is 266 g/mol. The first-order valence-corrected chi connectivity index (χ1v) is 6.24. The van der Waals surface area contributed by atoms with Crippen LogP contribution in [0.5, 0.6) is 0 Å². The van der Waals surface area contributed by atoms with Crippen molar-refractivity contribution in [2.24, 2.45) is 0 Å². The van der Waals surface area contributed by atoms with E-state index in [0.717, 1.165) is 18.4 Å². The molecule has 0 unspecified atom stereocenters. The molecule has 0 saturated heterocycles. The molecule has 0 bridgehead atoms. The van der Waals surface area contributed by atoms with Gasteiger partial charge in [0.05, 0.1) is 11.6 Å². The molecule has 1 aliphatic carbocycles. The average Bonchev–Trinajstić information content (AvgIpc) is 3.12. The molecule has 0 radical (unpaired) electrons. The highest BCUT2D eigenvalue weighted by Gasteiger charge is 2.25. The van der Waals surface area contributed by atoms with E-state index in [2.05, 4.69) is 0 Å². The topological polar surface area (TPSA) is 26.9 Å². The smallest absolute Gasteiger partial charge is 0.296 e. The van der Waals surface area contributed by atoms with Gasteiger partial charge in [0.25, 0.3) is 0 Å². The van der Waals surface area contributed by atoms with E-state index in [1.165, 1.54) is 12.1 Å². The summed E-state index contributed by atoms with van der Waals surface area (Å²) in [6, 6.07) is 4.96. The molecule has 1 aromatic heterocycles. The Morgan fingerprint density at radius 2 is 2.11 bits per heavy atom. The summed E-state index contributed by atoms with van der Waals surface area (Å²) in [5.74, 6) is -0.455. The molecule has 1 aromatic carbocycles. The summed E-state index contributed by atoms with van der Waals surface area (Å²) in [6.45, 7) is 0.368. The Morgan fingerprint density at radius 3 is 2.78 bits per heavy atom. The number of benzene rings is 1. The van der Waals surface area contributed by atoms with Gasteiger partial charge in [-0.1, -0.05) is 17.7 Å². The summed E-state index contributed by atoms with van der Waals surface area (Å²) >= 11 is 5.62. The zero-order chi connectivity index (χ0) is 12.7. The predicted octanol–water partition coefficient (Wildman–Crippen LogP) is 2.83. The maximum atomic E-state index is 13.3. The molecule has 1 saturated carbocycles. The van der Waals surface area contributed by atoms with Crippen LogP contribution in [0.4, 0.5) is 4.39 Å². The van der Waals surface area contributed by atoms with Crippen LogP contribution >= 0.6 is 11.6 Å². The van der Waals surface area contributed by atoms with Gasteiger partial charge in [0, 0.05) is 18.4 Å². The zero-order valence-electron chi connectivity index (χ0n) is 9.64. The molecular formula is C13H12ClFN2O. The largest absolute Gasteiger partial charge is 0.328 e. The van der Waals surface area contributed by atoms with E-state index in [1.807, 2.05) is 0 Å². The Hall–Kier alpha value is -1.55. The number of imidazole rings is 1. The summed E-state index contributed by atoms with van der Waals surface area (Å²) in [4.78, 5) is 12.0. The molecule has 1 aliphatic rings. The quantitative estimate of drug-likeness (QED) is 0.839. The summed E-state index contributed by atoms with van der Waals surface area (Å²) in [7, 11) is 0. The lowest BCUT2D eigenvalue weighted by Gasteiger charge is -2.03. The van der Waals surface area contributed by atoms with Crippen LogP contribution in [0.1, 0.15) is 24.4 Å².